The number of hydrogen-bond donors (Lipinski definition) is 0. The van der Waals surface area contributed by atoms with E-state index in [0.29, 0.717) is 12.2 Å². The summed E-state index contributed by atoms with van der Waals surface area (Å²) in [6.07, 6.45) is 10.9. The summed E-state index contributed by atoms with van der Waals surface area (Å²) >= 11 is 0. The highest BCUT2D eigenvalue weighted by molar-refractivity contribution is 7.90. The Balaban J connectivity index is 1.90. The minimum atomic E-state index is -3.34. The molecule has 0 N–H and O–H groups in total. The van der Waals surface area contributed by atoms with Gasteiger partial charge in [-0.1, -0.05) is 0 Å². The maximum atomic E-state index is 11.9. The number of rotatable bonds is 3. The van der Waals surface area contributed by atoms with Gasteiger partial charge >= 0.3 is 0 Å². The zero-order valence-electron chi connectivity index (χ0n) is 12.3. The lowest BCUT2D eigenvalue weighted by Gasteiger charge is -2.33. The van der Waals surface area contributed by atoms with Gasteiger partial charge in [-0.2, -0.15) is 0 Å². The molecule has 1 saturated heterocycles. The monoisotopic (exact) mass is 319 g/mol. The van der Waals surface area contributed by atoms with Crippen molar-refractivity contribution in [3.8, 4) is 0 Å². The fraction of sp³-hybridized carbons (Fsp3) is 0.429. The van der Waals surface area contributed by atoms with E-state index < -0.39 is 9.84 Å². The van der Waals surface area contributed by atoms with Gasteiger partial charge in [0.15, 0.2) is 9.84 Å². The molecule has 0 aliphatic carbocycles. The number of sulfone groups is 1. The van der Waals surface area contributed by atoms with Crippen LogP contribution in [0.5, 0.6) is 0 Å². The molecule has 1 aliphatic heterocycles. The summed E-state index contributed by atoms with van der Waals surface area (Å²) in [5.74, 6) is 0.852. The third-order valence-electron chi connectivity index (χ3n) is 3.79. The molecule has 116 valence electrons. The first-order valence-electron chi connectivity index (χ1n) is 7.06. The summed E-state index contributed by atoms with van der Waals surface area (Å²) in [6, 6.07) is 0. The topological polar surface area (TPSA) is 88.9 Å². The van der Waals surface area contributed by atoms with Gasteiger partial charge in [-0.15, -0.1) is 0 Å². The van der Waals surface area contributed by atoms with Crippen LogP contribution >= 0.6 is 0 Å². The molecule has 0 aromatic carbocycles. The van der Waals surface area contributed by atoms with E-state index in [-0.39, 0.29) is 10.8 Å². The van der Waals surface area contributed by atoms with E-state index in [4.69, 9.17) is 0 Å². The van der Waals surface area contributed by atoms with Crippen molar-refractivity contribution in [2.24, 2.45) is 0 Å². The van der Waals surface area contributed by atoms with Crippen LogP contribution in [0, 0.1) is 0 Å². The average molecular weight is 319 g/mol. The van der Waals surface area contributed by atoms with Crippen molar-refractivity contribution < 1.29 is 8.42 Å². The standard InChI is InChI=1S/C14H17N5O2S/c1-22(20,21)12-7-16-10-18-14(12)11-3-2-6-19(9-11)13-8-15-4-5-17-13/h4-5,7-8,10-11H,2-3,6,9H2,1H3/t11-/m1/s1. The molecule has 1 atom stereocenters. The molecule has 0 saturated carbocycles. The van der Waals surface area contributed by atoms with Gasteiger partial charge in [0.2, 0.25) is 0 Å². The predicted octanol–water partition coefficient (Wildman–Crippen LogP) is 1.05. The Labute approximate surface area is 129 Å². The lowest BCUT2D eigenvalue weighted by atomic mass is 9.94. The molecule has 0 bridgehead atoms. The smallest absolute Gasteiger partial charge is 0.178 e. The molecule has 3 heterocycles. The van der Waals surface area contributed by atoms with Gasteiger partial charge in [0.05, 0.1) is 11.9 Å². The molecule has 1 fully saturated rings. The van der Waals surface area contributed by atoms with Crippen LogP contribution in [0.2, 0.25) is 0 Å². The first kappa shape index (κ1) is 14.8. The van der Waals surface area contributed by atoms with Gasteiger partial charge in [0, 0.05) is 43.9 Å². The van der Waals surface area contributed by atoms with Gasteiger partial charge in [0.1, 0.15) is 17.0 Å². The van der Waals surface area contributed by atoms with Crippen LogP contribution in [0.3, 0.4) is 0 Å². The normalized spacial score (nSPS) is 19.1. The Morgan fingerprint density at radius 1 is 1.18 bits per heavy atom. The molecular formula is C14H17N5O2S. The minimum absolute atomic E-state index is 0.0449. The highest BCUT2D eigenvalue weighted by Gasteiger charge is 2.28. The largest absolute Gasteiger partial charge is 0.355 e. The fourth-order valence-electron chi connectivity index (χ4n) is 2.78. The van der Waals surface area contributed by atoms with Gasteiger partial charge in [-0.3, -0.25) is 4.98 Å². The van der Waals surface area contributed by atoms with E-state index in [0.717, 1.165) is 25.2 Å². The van der Waals surface area contributed by atoms with Crippen molar-refractivity contribution in [3.05, 3.63) is 36.8 Å². The van der Waals surface area contributed by atoms with Crippen LogP contribution in [0.1, 0.15) is 24.5 Å². The zero-order chi connectivity index (χ0) is 15.6. The second kappa shape index (κ2) is 5.96. The molecule has 2 aromatic heterocycles. The van der Waals surface area contributed by atoms with Crippen molar-refractivity contribution in [1.82, 2.24) is 19.9 Å². The van der Waals surface area contributed by atoms with Crippen LogP contribution in [0.4, 0.5) is 5.82 Å². The van der Waals surface area contributed by atoms with E-state index in [1.165, 1.54) is 18.8 Å². The quantitative estimate of drug-likeness (QED) is 0.835. The van der Waals surface area contributed by atoms with Crippen LogP contribution in [-0.4, -0.2) is 47.7 Å². The first-order chi connectivity index (χ1) is 10.6. The van der Waals surface area contributed by atoms with Crippen molar-refractivity contribution >= 4 is 15.7 Å². The van der Waals surface area contributed by atoms with Crippen LogP contribution < -0.4 is 4.90 Å². The molecule has 22 heavy (non-hydrogen) atoms. The SMILES string of the molecule is CS(=O)(=O)c1cncnc1[C@@H]1CCCN(c2cnccn2)C1. The molecule has 2 aromatic rings. The second-order valence-electron chi connectivity index (χ2n) is 5.39. The van der Waals surface area contributed by atoms with E-state index in [9.17, 15) is 8.42 Å². The Kier molecular flexibility index (Phi) is 4.02. The van der Waals surface area contributed by atoms with Gasteiger partial charge in [0.25, 0.3) is 0 Å². The van der Waals surface area contributed by atoms with Gasteiger partial charge in [-0.05, 0) is 12.8 Å². The molecule has 7 nitrogen and oxygen atoms in total. The number of anilines is 1. The number of piperidine rings is 1. The predicted molar refractivity (Wildman–Crippen MR) is 81.4 cm³/mol. The summed E-state index contributed by atoms with van der Waals surface area (Å²) < 4.78 is 23.9. The Hall–Kier alpha value is -2.09. The van der Waals surface area contributed by atoms with Crippen LogP contribution in [0.25, 0.3) is 0 Å². The molecule has 0 spiro atoms. The summed E-state index contributed by atoms with van der Waals surface area (Å²) in [6.45, 7) is 1.56. The molecular weight excluding hydrogens is 302 g/mol. The molecule has 0 amide bonds. The summed E-state index contributed by atoms with van der Waals surface area (Å²) in [5, 5.41) is 0. The summed E-state index contributed by atoms with van der Waals surface area (Å²) in [5.41, 5.74) is 0.603. The molecule has 0 unspecified atom stereocenters. The van der Waals surface area contributed by atoms with E-state index in [2.05, 4.69) is 24.8 Å². The van der Waals surface area contributed by atoms with E-state index in [1.807, 2.05) is 0 Å². The summed E-state index contributed by atoms with van der Waals surface area (Å²) in [4.78, 5) is 18.8. The van der Waals surface area contributed by atoms with Crippen LogP contribution in [-0.2, 0) is 9.84 Å². The summed E-state index contributed by atoms with van der Waals surface area (Å²) in [7, 11) is -3.34. The molecule has 1 aliphatic rings. The highest BCUT2D eigenvalue weighted by atomic mass is 32.2. The van der Waals surface area contributed by atoms with Gasteiger partial charge < -0.3 is 4.90 Å². The third-order valence-corrected chi connectivity index (χ3v) is 4.90. The number of aromatic nitrogens is 4. The molecule has 0 radical (unpaired) electrons. The Bertz CT molecular complexity index is 751. The molecule has 8 heteroatoms. The molecule has 3 rings (SSSR count). The number of hydrogen-bond acceptors (Lipinski definition) is 7. The van der Waals surface area contributed by atoms with E-state index in [1.54, 1.807) is 18.6 Å². The van der Waals surface area contributed by atoms with Crippen molar-refractivity contribution in [2.75, 3.05) is 24.2 Å². The first-order valence-corrected chi connectivity index (χ1v) is 8.96. The second-order valence-corrected chi connectivity index (χ2v) is 7.38. The maximum Gasteiger partial charge on any atom is 0.178 e. The maximum absolute atomic E-state index is 11.9. The van der Waals surface area contributed by atoms with Crippen molar-refractivity contribution in [3.63, 3.8) is 0 Å². The third kappa shape index (κ3) is 3.06. The lowest BCUT2D eigenvalue weighted by molar-refractivity contribution is 0.489. The van der Waals surface area contributed by atoms with E-state index >= 15 is 0 Å². The van der Waals surface area contributed by atoms with Gasteiger partial charge in [-0.25, -0.2) is 23.4 Å². The van der Waals surface area contributed by atoms with Crippen molar-refractivity contribution in [1.29, 1.82) is 0 Å². The highest BCUT2D eigenvalue weighted by Crippen LogP contribution is 2.30. The Morgan fingerprint density at radius 2 is 2.05 bits per heavy atom. The van der Waals surface area contributed by atoms with Crippen LogP contribution in [0.15, 0.2) is 36.0 Å². The fourth-order valence-corrected chi connectivity index (χ4v) is 3.63. The minimum Gasteiger partial charge on any atom is -0.355 e. The lowest BCUT2D eigenvalue weighted by Crippen LogP contribution is -2.35. The van der Waals surface area contributed by atoms with Crippen molar-refractivity contribution in [2.45, 2.75) is 23.7 Å². The number of nitrogens with zero attached hydrogens (tertiary/aromatic N) is 5. The Morgan fingerprint density at radius 3 is 2.77 bits per heavy atom. The zero-order valence-corrected chi connectivity index (χ0v) is 13.1. The average Bonchev–Trinajstić information content (AvgIpc) is 2.55.